The van der Waals surface area contributed by atoms with Crippen molar-refractivity contribution in [2.24, 2.45) is 0 Å². The number of rotatable bonds is 2. The zero-order chi connectivity index (χ0) is 13.2. The van der Waals surface area contributed by atoms with Gasteiger partial charge in [-0.05, 0) is 36.4 Å². The summed E-state index contributed by atoms with van der Waals surface area (Å²) in [4.78, 5) is 16.2. The maximum Gasteiger partial charge on any atom is 0.291 e. The fourth-order valence-corrected chi connectivity index (χ4v) is 2.05. The Bertz CT molecular complexity index is 738. The molecule has 3 aromatic rings. The Hall–Kier alpha value is -2.33. The molecular weight excluding hydrogens is 264 g/mol. The third-order valence-electron chi connectivity index (χ3n) is 2.71. The Morgan fingerprint density at radius 1 is 1.21 bits per heavy atom. The largest absolute Gasteiger partial charge is 0.459 e. The van der Waals surface area contributed by atoms with Gasteiger partial charge in [-0.15, -0.1) is 0 Å². The molecular formula is C14H9ClN2O2. The van der Waals surface area contributed by atoms with Crippen molar-refractivity contribution in [3.63, 3.8) is 0 Å². The molecule has 0 aliphatic heterocycles. The zero-order valence-electron chi connectivity index (χ0n) is 9.76. The molecule has 0 aliphatic rings. The molecule has 0 spiro atoms. The highest BCUT2D eigenvalue weighted by Gasteiger charge is 2.11. The number of halogens is 1. The molecule has 19 heavy (non-hydrogen) atoms. The number of fused-ring (bicyclic) bond motifs is 1. The minimum absolute atomic E-state index is 0.256. The second-order valence-corrected chi connectivity index (χ2v) is 4.33. The lowest BCUT2D eigenvalue weighted by Gasteiger charge is -2.08. The lowest BCUT2D eigenvalue weighted by molar-refractivity contribution is 0.0997. The number of carbonyl (C=O) groups is 1. The number of pyridine rings is 1. The summed E-state index contributed by atoms with van der Waals surface area (Å²) in [7, 11) is 0. The predicted molar refractivity (Wildman–Crippen MR) is 73.4 cm³/mol. The molecule has 2 aromatic heterocycles. The number of hydrogen-bond acceptors (Lipinski definition) is 3. The Morgan fingerprint density at radius 2 is 2.11 bits per heavy atom. The molecule has 0 atom stereocenters. The minimum atomic E-state index is -0.308. The Labute approximate surface area is 114 Å². The molecule has 3 rings (SSSR count). The molecule has 0 aliphatic carbocycles. The highest BCUT2D eigenvalue weighted by atomic mass is 35.5. The van der Waals surface area contributed by atoms with Crippen LogP contribution in [0.3, 0.4) is 0 Å². The maximum atomic E-state index is 11.9. The number of furan rings is 1. The van der Waals surface area contributed by atoms with Crippen molar-refractivity contribution in [2.45, 2.75) is 0 Å². The summed E-state index contributed by atoms with van der Waals surface area (Å²) in [6, 6.07) is 10.4. The van der Waals surface area contributed by atoms with Crippen LogP contribution in [0.25, 0.3) is 10.9 Å². The molecule has 5 heteroatoms. The molecule has 2 heterocycles. The quantitative estimate of drug-likeness (QED) is 0.773. The smallest absolute Gasteiger partial charge is 0.291 e. The number of amides is 1. The van der Waals surface area contributed by atoms with Gasteiger partial charge in [-0.2, -0.15) is 0 Å². The maximum absolute atomic E-state index is 11.9. The standard InChI is InChI=1S/C14H9ClN2O2/c15-10-5-6-11(9-3-1-7-16-13(9)10)17-14(18)12-4-2-8-19-12/h1-8H,(H,17,18). The monoisotopic (exact) mass is 272 g/mol. The second-order valence-electron chi connectivity index (χ2n) is 3.93. The summed E-state index contributed by atoms with van der Waals surface area (Å²) < 4.78 is 5.05. The normalized spacial score (nSPS) is 10.6. The third kappa shape index (κ3) is 2.18. The van der Waals surface area contributed by atoms with Crippen molar-refractivity contribution < 1.29 is 9.21 Å². The van der Waals surface area contributed by atoms with E-state index >= 15 is 0 Å². The Morgan fingerprint density at radius 3 is 2.89 bits per heavy atom. The van der Waals surface area contributed by atoms with E-state index in [0.717, 1.165) is 5.39 Å². The topological polar surface area (TPSA) is 55.1 Å². The van der Waals surface area contributed by atoms with Crippen LogP contribution in [0.1, 0.15) is 10.6 Å². The summed E-state index contributed by atoms with van der Waals surface area (Å²) in [5, 5.41) is 4.12. The van der Waals surface area contributed by atoms with Crippen LogP contribution in [0.5, 0.6) is 0 Å². The molecule has 1 N–H and O–H groups in total. The minimum Gasteiger partial charge on any atom is -0.459 e. The van der Waals surface area contributed by atoms with E-state index in [1.807, 2.05) is 6.07 Å². The van der Waals surface area contributed by atoms with Gasteiger partial charge in [0.15, 0.2) is 5.76 Å². The Kier molecular flexibility index (Phi) is 2.93. The Balaban J connectivity index is 2.02. The van der Waals surface area contributed by atoms with Crippen molar-refractivity contribution in [3.8, 4) is 0 Å². The van der Waals surface area contributed by atoms with Gasteiger partial charge in [-0.3, -0.25) is 9.78 Å². The summed E-state index contributed by atoms with van der Waals surface area (Å²) in [6.07, 6.45) is 3.11. The predicted octanol–water partition coefficient (Wildman–Crippen LogP) is 3.73. The van der Waals surface area contributed by atoms with Gasteiger partial charge in [0.05, 0.1) is 22.5 Å². The van der Waals surface area contributed by atoms with Crippen LogP contribution in [0.2, 0.25) is 5.02 Å². The van der Waals surface area contributed by atoms with Crippen LogP contribution in [-0.2, 0) is 0 Å². The van der Waals surface area contributed by atoms with E-state index in [2.05, 4.69) is 10.3 Å². The number of nitrogens with one attached hydrogen (secondary N) is 1. The third-order valence-corrected chi connectivity index (χ3v) is 3.02. The van der Waals surface area contributed by atoms with E-state index in [1.165, 1.54) is 6.26 Å². The first-order valence-corrected chi connectivity index (χ1v) is 6.01. The van der Waals surface area contributed by atoms with Crippen LogP contribution in [-0.4, -0.2) is 10.9 Å². The first-order valence-electron chi connectivity index (χ1n) is 5.64. The fraction of sp³-hybridized carbons (Fsp3) is 0. The lowest BCUT2D eigenvalue weighted by atomic mass is 10.2. The van der Waals surface area contributed by atoms with Gasteiger partial charge < -0.3 is 9.73 Å². The second kappa shape index (κ2) is 4.74. The molecule has 0 bridgehead atoms. The number of carbonyl (C=O) groups excluding carboxylic acids is 1. The highest BCUT2D eigenvalue weighted by Crippen LogP contribution is 2.28. The molecule has 0 radical (unpaired) electrons. The van der Waals surface area contributed by atoms with E-state index in [1.54, 1.807) is 36.5 Å². The van der Waals surface area contributed by atoms with Gasteiger partial charge in [0.2, 0.25) is 0 Å². The molecule has 94 valence electrons. The SMILES string of the molecule is O=C(Nc1ccc(Cl)c2ncccc12)c1ccco1. The highest BCUT2D eigenvalue weighted by molar-refractivity contribution is 6.35. The summed E-state index contributed by atoms with van der Waals surface area (Å²) in [5.74, 6) is -0.0514. The lowest BCUT2D eigenvalue weighted by Crippen LogP contribution is -2.11. The summed E-state index contributed by atoms with van der Waals surface area (Å²) in [5.41, 5.74) is 1.30. The fourth-order valence-electron chi connectivity index (χ4n) is 1.84. The van der Waals surface area contributed by atoms with E-state index in [4.69, 9.17) is 16.0 Å². The molecule has 0 unspecified atom stereocenters. The first-order chi connectivity index (χ1) is 9.25. The number of aromatic nitrogens is 1. The van der Waals surface area contributed by atoms with Crippen molar-refractivity contribution >= 4 is 34.1 Å². The van der Waals surface area contributed by atoms with E-state index in [0.29, 0.717) is 16.2 Å². The molecule has 1 amide bonds. The molecule has 4 nitrogen and oxygen atoms in total. The molecule has 0 fully saturated rings. The van der Waals surface area contributed by atoms with Crippen molar-refractivity contribution in [1.29, 1.82) is 0 Å². The van der Waals surface area contributed by atoms with E-state index in [9.17, 15) is 4.79 Å². The van der Waals surface area contributed by atoms with Gasteiger partial charge >= 0.3 is 0 Å². The van der Waals surface area contributed by atoms with Gasteiger partial charge in [0, 0.05) is 11.6 Å². The average molecular weight is 273 g/mol. The first kappa shape index (κ1) is 11.7. The van der Waals surface area contributed by atoms with Gasteiger partial charge in [-0.1, -0.05) is 11.6 Å². The number of benzene rings is 1. The molecule has 1 aromatic carbocycles. The number of anilines is 1. The van der Waals surface area contributed by atoms with E-state index < -0.39 is 0 Å². The van der Waals surface area contributed by atoms with Crippen LogP contribution in [0.15, 0.2) is 53.3 Å². The van der Waals surface area contributed by atoms with Crippen LogP contribution >= 0.6 is 11.6 Å². The van der Waals surface area contributed by atoms with Crippen LogP contribution in [0.4, 0.5) is 5.69 Å². The summed E-state index contributed by atoms with van der Waals surface area (Å²) >= 11 is 6.07. The number of nitrogens with zero attached hydrogens (tertiary/aromatic N) is 1. The number of hydrogen-bond donors (Lipinski definition) is 1. The van der Waals surface area contributed by atoms with Crippen LogP contribution < -0.4 is 5.32 Å². The molecule has 0 saturated heterocycles. The zero-order valence-corrected chi connectivity index (χ0v) is 10.5. The van der Waals surface area contributed by atoms with Crippen molar-refractivity contribution in [2.75, 3.05) is 5.32 Å². The van der Waals surface area contributed by atoms with Crippen molar-refractivity contribution in [1.82, 2.24) is 4.98 Å². The van der Waals surface area contributed by atoms with Gasteiger partial charge in [-0.25, -0.2) is 0 Å². The average Bonchev–Trinajstić information content (AvgIpc) is 2.96. The van der Waals surface area contributed by atoms with Crippen LogP contribution in [0, 0.1) is 0 Å². The van der Waals surface area contributed by atoms with Crippen molar-refractivity contribution in [3.05, 3.63) is 59.6 Å². The molecule has 0 saturated carbocycles. The van der Waals surface area contributed by atoms with Gasteiger partial charge in [0.1, 0.15) is 0 Å². The summed E-state index contributed by atoms with van der Waals surface area (Å²) in [6.45, 7) is 0. The van der Waals surface area contributed by atoms with E-state index in [-0.39, 0.29) is 11.7 Å². The van der Waals surface area contributed by atoms with Gasteiger partial charge in [0.25, 0.3) is 5.91 Å².